The summed E-state index contributed by atoms with van der Waals surface area (Å²) < 4.78 is 0. The number of aromatic hydroxyl groups is 1. The number of Topliss-reactive ketones (excluding diaryl/α,β-unsaturated/α-hetero) is 2. The van der Waals surface area contributed by atoms with Gasteiger partial charge in [-0.05, 0) is 62.5 Å². The number of aliphatic hydroxyl groups is 3. The fraction of sp³-hybridized carbons (Fsp3) is 0.367. The molecule has 2 aromatic rings. The van der Waals surface area contributed by atoms with Crippen molar-refractivity contribution in [2.75, 3.05) is 14.1 Å². The maximum atomic E-state index is 14.0. The molecule has 12 nitrogen and oxygen atoms in total. The van der Waals surface area contributed by atoms with E-state index in [1.54, 1.807) is 32.3 Å². The van der Waals surface area contributed by atoms with Gasteiger partial charge in [-0.25, -0.2) is 0 Å². The maximum Gasteiger partial charge on any atom is 0.255 e. The van der Waals surface area contributed by atoms with E-state index in [1.807, 2.05) is 6.92 Å². The Morgan fingerprint density at radius 2 is 1.90 bits per heavy atom. The quantitative estimate of drug-likeness (QED) is 0.268. The highest BCUT2D eigenvalue weighted by molar-refractivity contribution is 6.24. The first kappa shape index (κ1) is 29.0. The van der Waals surface area contributed by atoms with Crippen LogP contribution in [0.3, 0.4) is 0 Å². The van der Waals surface area contributed by atoms with Crippen LogP contribution in [0.15, 0.2) is 47.5 Å². The number of hydrogen-bond acceptors (Lipinski definition) is 10. The molecule has 0 radical (unpaired) electrons. The number of phenolic OH excluding ortho intramolecular Hbond substituents is 1. The van der Waals surface area contributed by atoms with Crippen molar-refractivity contribution in [3.05, 3.63) is 75.3 Å². The number of nitrogens with two attached hydrogens (primary N) is 1. The summed E-state index contributed by atoms with van der Waals surface area (Å²) in [6, 6.07) is 3.79. The number of nitrogens with one attached hydrogen (secondary N) is 1. The largest absolute Gasteiger partial charge is 0.508 e. The molecule has 1 aromatic heterocycles. The number of phenols is 1. The van der Waals surface area contributed by atoms with E-state index in [0.717, 1.165) is 5.56 Å². The molecule has 3 aliphatic rings. The molecule has 4 atom stereocenters. The highest BCUT2D eigenvalue weighted by Crippen LogP contribution is 2.53. The van der Waals surface area contributed by atoms with Crippen molar-refractivity contribution in [3.8, 4) is 5.75 Å². The standard InChI is InChI=1S/C30H32N4O8/c1-4-13-8-16(12-33-29(41)14-6-5-7-32-11-14)23(35)20-17(13)9-15-10-18-22(34(2)3)25(37)21(28(31)40)27(39)30(18,42)26(38)19(15)24(20)36/h5-8,11,15,18,22,35-36,39,42H,4,9-10,12H2,1-3H3,(H2,31,40)(H,33,41)/t15?,18?,22-,30-/m0/s1. The van der Waals surface area contributed by atoms with Gasteiger partial charge in [0, 0.05) is 36.0 Å². The Morgan fingerprint density at radius 1 is 1.19 bits per heavy atom. The molecule has 42 heavy (non-hydrogen) atoms. The number of benzene rings is 1. The van der Waals surface area contributed by atoms with Gasteiger partial charge in [-0.2, -0.15) is 0 Å². The summed E-state index contributed by atoms with van der Waals surface area (Å²) in [5, 5.41) is 48.3. The second-order valence-electron chi connectivity index (χ2n) is 11.1. The molecule has 12 heteroatoms. The first-order valence-corrected chi connectivity index (χ1v) is 13.5. The van der Waals surface area contributed by atoms with Crippen molar-refractivity contribution < 1.29 is 39.6 Å². The Kier molecular flexibility index (Phi) is 7.15. The molecule has 3 aliphatic carbocycles. The third kappa shape index (κ3) is 4.17. The molecule has 0 aliphatic heterocycles. The summed E-state index contributed by atoms with van der Waals surface area (Å²) >= 11 is 0. The van der Waals surface area contributed by atoms with Gasteiger partial charge in [-0.3, -0.25) is 29.1 Å². The lowest BCUT2D eigenvalue weighted by molar-refractivity contribution is -0.153. The fourth-order valence-electron chi connectivity index (χ4n) is 6.68. The molecule has 1 heterocycles. The first-order valence-electron chi connectivity index (χ1n) is 13.5. The van der Waals surface area contributed by atoms with Crippen LogP contribution in [0, 0.1) is 11.8 Å². The van der Waals surface area contributed by atoms with Crippen molar-refractivity contribution in [1.82, 2.24) is 15.2 Å². The van der Waals surface area contributed by atoms with E-state index in [4.69, 9.17) is 5.73 Å². The molecule has 1 fully saturated rings. The van der Waals surface area contributed by atoms with Crippen LogP contribution in [0.25, 0.3) is 5.76 Å². The molecule has 1 aromatic carbocycles. The number of amides is 2. The van der Waals surface area contributed by atoms with Crippen LogP contribution >= 0.6 is 0 Å². The number of primary amides is 1. The number of aromatic nitrogens is 1. The van der Waals surface area contributed by atoms with Gasteiger partial charge < -0.3 is 31.5 Å². The average Bonchev–Trinajstić information content (AvgIpc) is 2.94. The Hall–Kier alpha value is -4.55. The molecular weight excluding hydrogens is 544 g/mol. The predicted octanol–water partition coefficient (Wildman–Crippen LogP) is 0.851. The van der Waals surface area contributed by atoms with Crippen LogP contribution in [0.2, 0.25) is 0 Å². The SMILES string of the molecule is CCc1cc(CNC(=O)c2cccnc2)c(O)c2c1CC1CC3[C@H](N(C)C)C(=O)C(C(N)=O)=C(O)[C@@]3(O)C(=O)C1=C2O. The summed E-state index contributed by atoms with van der Waals surface area (Å²) in [7, 11) is 3.10. The summed E-state index contributed by atoms with van der Waals surface area (Å²) in [5.74, 6) is -7.44. The molecular formula is C30H32N4O8. The number of hydrogen-bond donors (Lipinski definition) is 6. The zero-order valence-corrected chi connectivity index (χ0v) is 23.3. The topological polar surface area (TPSA) is 203 Å². The second kappa shape index (κ2) is 10.4. The number of pyridine rings is 1. The number of aliphatic hydroxyl groups excluding tert-OH is 2. The Labute approximate surface area is 241 Å². The molecule has 0 saturated heterocycles. The van der Waals surface area contributed by atoms with Crippen LogP contribution in [-0.4, -0.2) is 79.4 Å². The third-order valence-corrected chi connectivity index (χ3v) is 8.64. The van der Waals surface area contributed by atoms with Gasteiger partial charge in [0.2, 0.25) is 5.78 Å². The van der Waals surface area contributed by atoms with Crippen LogP contribution in [0.4, 0.5) is 0 Å². The van der Waals surface area contributed by atoms with E-state index < -0.39 is 64.0 Å². The van der Waals surface area contributed by atoms with Crippen molar-refractivity contribution in [1.29, 1.82) is 0 Å². The number of carbonyl (C=O) groups is 4. The van der Waals surface area contributed by atoms with Crippen molar-refractivity contribution in [3.63, 3.8) is 0 Å². The van der Waals surface area contributed by atoms with Crippen molar-refractivity contribution in [2.45, 2.75) is 44.4 Å². The van der Waals surface area contributed by atoms with Gasteiger partial charge in [0.25, 0.3) is 11.8 Å². The third-order valence-electron chi connectivity index (χ3n) is 8.64. The number of rotatable bonds is 6. The van der Waals surface area contributed by atoms with Crippen LogP contribution in [0.5, 0.6) is 5.75 Å². The van der Waals surface area contributed by atoms with Gasteiger partial charge in [0.1, 0.15) is 22.8 Å². The average molecular weight is 577 g/mol. The van der Waals surface area contributed by atoms with E-state index in [-0.39, 0.29) is 36.3 Å². The van der Waals surface area contributed by atoms with Gasteiger partial charge in [0.05, 0.1) is 17.2 Å². The van der Waals surface area contributed by atoms with Crippen molar-refractivity contribution >= 4 is 29.1 Å². The van der Waals surface area contributed by atoms with E-state index in [9.17, 15) is 39.6 Å². The maximum absolute atomic E-state index is 14.0. The minimum Gasteiger partial charge on any atom is -0.508 e. The van der Waals surface area contributed by atoms with Gasteiger partial charge in [-0.1, -0.05) is 13.0 Å². The summed E-state index contributed by atoms with van der Waals surface area (Å²) in [4.78, 5) is 57.4. The summed E-state index contributed by atoms with van der Waals surface area (Å²) in [6.07, 6.45) is 3.65. The van der Waals surface area contributed by atoms with E-state index in [2.05, 4.69) is 10.3 Å². The van der Waals surface area contributed by atoms with Crippen LogP contribution in [0.1, 0.15) is 46.0 Å². The van der Waals surface area contributed by atoms with Crippen molar-refractivity contribution in [2.24, 2.45) is 17.6 Å². The lowest BCUT2D eigenvalue weighted by Crippen LogP contribution is -2.65. The highest BCUT2D eigenvalue weighted by atomic mass is 16.3. The second-order valence-corrected chi connectivity index (χ2v) is 11.1. The molecule has 0 bridgehead atoms. The number of likely N-dealkylation sites (N-methyl/N-ethyl adjacent to an activating group) is 1. The summed E-state index contributed by atoms with van der Waals surface area (Å²) in [6.45, 7) is 1.80. The first-order chi connectivity index (χ1) is 19.8. The molecule has 1 saturated carbocycles. The zero-order chi connectivity index (χ0) is 30.7. The molecule has 220 valence electrons. The summed E-state index contributed by atoms with van der Waals surface area (Å²) in [5.41, 5.74) is 3.56. The monoisotopic (exact) mass is 576 g/mol. The van der Waals surface area contributed by atoms with Gasteiger partial charge in [-0.15, -0.1) is 0 Å². The van der Waals surface area contributed by atoms with Crippen LogP contribution < -0.4 is 11.1 Å². The highest BCUT2D eigenvalue weighted by Gasteiger charge is 2.64. The normalized spacial score (nSPS) is 25.2. The fourth-order valence-corrected chi connectivity index (χ4v) is 6.68. The van der Waals surface area contributed by atoms with E-state index >= 15 is 0 Å². The Morgan fingerprint density at radius 3 is 2.50 bits per heavy atom. The van der Waals surface area contributed by atoms with Gasteiger partial charge in [0.15, 0.2) is 11.4 Å². The minimum absolute atomic E-state index is 0.00346. The molecule has 2 unspecified atom stereocenters. The van der Waals surface area contributed by atoms with E-state index in [1.165, 1.54) is 17.3 Å². The minimum atomic E-state index is -2.71. The molecule has 0 spiro atoms. The smallest absolute Gasteiger partial charge is 0.255 e. The lowest BCUT2D eigenvalue weighted by atomic mass is 9.57. The molecule has 7 N–H and O–H groups in total. The molecule has 2 amide bonds. The Balaban J connectivity index is 1.62. The molecule has 5 rings (SSSR count). The number of carbonyl (C=O) groups excluding carboxylic acids is 4. The lowest BCUT2D eigenvalue weighted by Gasteiger charge is -2.50. The zero-order valence-electron chi connectivity index (χ0n) is 23.3. The number of nitrogens with zero attached hydrogens (tertiary/aromatic N) is 2. The predicted molar refractivity (Wildman–Crippen MR) is 149 cm³/mol. The number of ketones is 2. The Bertz CT molecular complexity index is 1600. The van der Waals surface area contributed by atoms with E-state index in [0.29, 0.717) is 23.1 Å². The number of aryl methyl sites for hydroxylation is 1. The van der Waals surface area contributed by atoms with Gasteiger partial charge >= 0.3 is 0 Å². The van der Waals surface area contributed by atoms with Crippen LogP contribution in [-0.2, 0) is 33.8 Å². The number of fused-ring (bicyclic) bond motifs is 3.